The van der Waals surface area contributed by atoms with Crippen LogP contribution < -0.4 is 0 Å². The summed E-state index contributed by atoms with van der Waals surface area (Å²) in [6.07, 6.45) is 2.17. The third-order valence-corrected chi connectivity index (χ3v) is 3.41. The number of likely N-dealkylation sites (tertiary alicyclic amines) is 1. The Bertz CT molecular complexity index is 167. The van der Waals surface area contributed by atoms with Gasteiger partial charge < -0.3 is 4.90 Å². The van der Waals surface area contributed by atoms with Gasteiger partial charge in [0.05, 0.1) is 0 Å². The van der Waals surface area contributed by atoms with E-state index in [1.54, 1.807) is 0 Å². The number of carbonyl (C=O) groups excluding carboxylic acids is 1. The average Bonchev–Trinajstić information content (AvgIpc) is 1.84. The molecule has 0 bridgehead atoms. The average molecular weight is 169 g/mol. The van der Waals surface area contributed by atoms with E-state index in [0.717, 1.165) is 13.0 Å². The van der Waals surface area contributed by atoms with Crippen LogP contribution in [0.4, 0.5) is 0 Å². The molecule has 0 spiro atoms. The van der Waals surface area contributed by atoms with Gasteiger partial charge >= 0.3 is 0 Å². The second kappa shape index (κ2) is 3.08. The quantitative estimate of drug-likeness (QED) is 0.591. The molecule has 0 radical (unpaired) electrons. The van der Waals surface area contributed by atoms with Crippen LogP contribution in [0.25, 0.3) is 0 Å². The second-order valence-corrected chi connectivity index (χ2v) is 4.35. The van der Waals surface area contributed by atoms with Gasteiger partial charge in [0.15, 0.2) is 0 Å². The molecule has 0 aromatic rings. The van der Waals surface area contributed by atoms with Gasteiger partial charge in [0.25, 0.3) is 0 Å². The summed E-state index contributed by atoms with van der Waals surface area (Å²) in [6, 6.07) is 0. The summed E-state index contributed by atoms with van der Waals surface area (Å²) in [6.45, 7) is 9.76. The van der Waals surface area contributed by atoms with E-state index in [2.05, 4.69) is 27.7 Å². The first-order chi connectivity index (χ1) is 5.55. The van der Waals surface area contributed by atoms with Gasteiger partial charge in [-0.15, -0.1) is 0 Å². The molecule has 1 rings (SSSR count). The van der Waals surface area contributed by atoms with Crippen molar-refractivity contribution >= 4 is 6.41 Å². The monoisotopic (exact) mass is 169 g/mol. The van der Waals surface area contributed by atoms with Crippen LogP contribution in [0.3, 0.4) is 0 Å². The van der Waals surface area contributed by atoms with Crippen LogP contribution in [0.5, 0.6) is 0 Å². The number of carbonyl (C=O) groups is 1. The molecule has 1 aliphatic heterocycles. The Labute approximate surface area is 74.9 Å². The zero-order valence-corrected chi connectivity index (χ0v) is 8.50. The van der Waals surface area contributed by atoms with Gasteiger partial charge in [-0.25, -0.2) is 0 Å². The zero-order valence-electron chi connectivity index (χ0n) is 8.50. The van der Waals surface area contributed by atoms with E-state index in [-0.39, 0.29) is 5.54 Å². The van der Waals surface area contributed by atoms with Crippen LogP contribution in [-0.4, -0.2) is 23.4 Å². The van der Waals surface area contributed by atoms with E-state index < -0.39 is 0 Å². The first-order valence-corrected chi connectivity index (χ1v) is 4.77. The Morgan fingerprint density at radius 2 is 1.75 bits per heavy atom. The summed E-state index contributed by atoms with van der Waals surface area (Å²) in [5.74, 6) is 1.13. The highest BCUT2D eigenvalue weighted by Crippen LogP contribution is 2.42. The van der Waals surface area contributed by atoms with Gasteiger partial charge in [-0.2, -0.15) is 0 Å². The van der Waals surface area contributed by atoms with Gasteiger partial charge in [-0.3, -0.25) is 4.79 Å². The molecule has 1 fully saturated rings. The predicted molar refractivity (Wildman–Crippen MR) is 49.8 cm³/mol. The highest BCUT2D eigenvalue weighted by Gasteiger charge is 2.48. The van der Waals surface area contributed by atoms with Gasteiger partial charge in [0, 0.05) is 12.1 Å². The van der Waals surface area contributed by atoms with Crippen LogP contribution >= 0.6 is 0 Å². The number of hydrogen-bond donors (Lipinski definition) is 0. The Balaban J connectivity index is 2.81. The lowest BCUT2D eigenvalue weighted by Gasteiger charge is -2.56. The summed E-state index contributed by atoms with van der Waals surface area (Å²) < 4.78 is 0. The summed E-state index contributed by atoms with van der Waals surface area (Å²) in [4.78, 5) is 12.7. The SMILES string of the molecule is CC(C)C1(C(C)C)CCN1C=O. The van der Waals surface area contributed by atoms with Gasteiger partial charge in [-0.05, 0) is 18.3 Å². The standard InChI is InChI=1S/C10H19NO/c1-8(2)10(9(3)4)5-6-11(10)7-12/h7-9H,5-6H2,1-4H3. The summed E-state index contributed by atoms with van der Waals surface area (Å²) >= 11 is 0. The minimum Gasteiger partial charge on any atom is -0.339 e. The highest BCUT2D eigenvalue weighted by molar-refractivity contribution is 5.51. The van der Waals surface area contributed by atoms with Crippen LogP contribution in [0, 0.1) is 11.8 Å². The Hall–Kier alpha value is -0.530. The molecule has 1 aliphatic rings. The Morgan fingerprint density at radius 3 is 1.83 bits per heavy atom. The van der Waals surface area contributed by atoms with Crippen molar-refractivity contribution < 1.29 is 4.79 Å². The molecule has 12 heavy (non-hydrogen) atoms. The van der Waals surface area contributed by atoms with Crippen molar-refractivity contribution in [3.05, 3.63) is 0 Å². The van der Waals surface area contributed by atoms with E-state index in [1.807, 2.05) is 4.90 Å². The van der Waals surface area contributed by atoms with Crippen LogP contribution in [0.2, 0.25) is 0 Å². The molecule has 2 heteroatoms. The zero-order chi connectivity index (χ0) is 9.35. The molecule has 0 atom stereocenters. The molecule has 0 N–H and O–H groups in total. The van der Waals surface area contributed by atoms with E-state index in [0.29, 0.717) is 11.8 Å². The fourth-order valence-corrected chi connectivity index (χ4v) is 2.56. The lowest BCUT2D eigenvalue weighted by molar-refractivity contribution is -0.143. The molecule has 0 aromatic carbocycles. The largest absolute Gasteiger partial charge is 0.339 e. The summed E-state index contributed by atoms with van der Waals surface area (Å²) in [7, 11) is 0. The molecular formula is C10H19NO. The first kappa shape index (κ1) is 9.56. The van der Waals surface area contributed by atoms with Crippen LogP contribution in [0.15, 0.2) is 0 Å². The highest BCUT2D eigenvalue weighted by atomic mass is 16.1. The van der Waals surface area contributed by atoms with E-state index >= 15 is 0 Å². The maximum atomic E-state index is 10.7. The first-order valence-electron chi connectivity index (χ1n) is 4.77. The van der Waals surface area contributed by atoms with Crippen molar-refractivity contribution in [1.82, 2.24) is 4.90 Å². The molecule has 2 nitrogen and oxygen atoms in total. The number of amides is 1. The molecular weight excluding hydrogens is 150 g/mol. The summed E-state index contributed by atoms with van der Waals surface area (Å²) in [5, 5.41) is 0. The minimum absolute atomic E-state index is 0.155. The minimum atomic E-state index is 0.155. The summed E-state index contributed by atoms with van der Waals surface area (Å²) in [5.41, 5.74) is 0.155. The molecule has 0 saturated carbocycles. The van der Waals surface area contributed by atoms with Crippen molar-refractivity contribution in [3.8, 4) is 0 Å². The molecule has 70 valence electrons. The molecule has 0 aromatic heterocycles. The van der Waals surface area contributed by atoms with Crippen molar-refractivity contribution in [3.63, 3.8) is 0 Å². The van der Waals surface area contributed by atoms with E-state index in [9.17, 15) is 4.79 Å². The predicted octanol–water partition coefficient (Wildman–Crippen LogP) is 1.90. The number of hydrogen-bond acceptors (Lipinski definition) is 1. The third kappa shape index (κ3) is 1.05. The van der Waals surface area contributed by atoms with Gasteiger partial charge in [-0.1, -0.05) is 27.7 Å². The fourth-order valence-electron chi connectivity index (χ4n) is 2.56. The van der Waals surface area contributed by atoms with E-state index in [1.165, 1.54) is 6.42 Å². The van der Waals surface area contributed by atoms with E-state index in [4.69, 9.17) is 0 Å². The number of nitrogens with zero attached hydrogens (tertiary/aromatic N) is 1. The van der Waals surface area contributed by atoms with Crippen LogP contribution in [-0.2, 0) is 4.79 Å². The molecule has 1 amide bonds. The normalized spacial score (nSPS) is 21.3. The molecule has 1 heterocycles. The Morgan fingerprint density at radius 1 is 1.25 bits per heavy atom. The topological polar surface area (TPSA) is 20.3 Å². The van der Waals surface area contributed by atoms with Crippen molar-refractivity contribution in [1.29, 1.82) is 0 Å². The van der Waals surface area contributed by atoms with Crippen molar-refractivity contribution in [2.45, 2.75) is 39.7 Å². The van der Waals surface area contributed by atoms with Crippen molar-refractivity contribution in [2.75, 3.05) is 6.54 Å². The van der Waals surface area contributed by atoms with Gasteiger partial charge in [0.2, 0.25) is 6.41 Å². The lowest BCUT2D eigenvalue weighted by Crippen LogP contribution is -2.65. The molecule has 0 unspecified atom stereocenters. The second-order valence-electron chi connectivity index (χ2n) is 4.35. The lowest BCUT2D eigenvalue weighted by atomic mass is 9.68. The Kier molecular flexibility index (Phi) is 2.45. The maximum absolute atomic E-state index is 10.7. The smallest absolute Gasteiger partial charge is 0.210 e. The molecule has 0 aliphatic carbocycles. The third-order valence-electron chi connectivity index (χ3n) is 3.41. The number of rotatable bonds is 3. The maximum Gasteiger partial charge on any atom is 0.210 e. The molecule has 1 saturated heterocycles. The van der Waals surface area contributed by atoms with Crippen molar-refractivity contribution in [2.24, 2.45) is 11.8 Å². The van der Waals surface area contributed by atoms with Crippen LogP contribution in [0.1, 0.15) is 34.1 Å². The van der Waals surface area contributed by atoms with Gasteiger partial charge in [0.1, 0.15) is 0 Å². The fraction of sp³-hybridized carbons (Fsp3) is 0.900.